The largest absolute Gasteiger partial charge is 0.362 e. The number of rotatable bonds is 2. The second-order valence-corrected chi connectivity index (χ2v) is 4.70. The second-order valence-electron chi connectivity index (χ2n) is 3.83. The Labute approximate surface area is 106 Å². The summed E-state index contributed by atoms with van der Waals surface area (Å²) in [5.41, 5.74) is 1.06. The molecule has 16 heavy (non-hydrogen) atoms. The molecule has 0 amide bonds. The normalized spacial score (nSPS) is 20.9. The smallest absolute Gasteiger partial charge is 0.0595 e. The van der Waals surface area contributed by atoms with Gasteiger partial charge in [0.05, 0.1) is 6.04 Å². The summed E-state index contributed by atoms with van der Waals surface area (Å²) in [5.74, 6) is 0. The fourth-order valence-corrected chi connectivity index (χ4v) is 2.48. The molecule has 86 valence electrons. The average Bonchev–Trinajstić information content (AvgIpc) is 2.27. The molecule has 2 rings (SSSR count). The molecule has 1 aliphatic rings. The molecule has 2 nitrogen and oxygen atoms in total. The molecule has 0 saturated carbocycles. The van der Waals surface area contributed by atoms with E-state index >= 15 is 0 Å². The van der Waals surface area contributed by atoms with Crippen LogP contribution in [-0.2, 0) is 0 Å². The third kappa shape index (κ3) is 2.51. The van der Waals surface area contributed by atoms with Crippen LogP contribution in [0.25, 0.3) is 0 Å². The lowest BCUT2D eigenvalue weighted by atomic mass is 10.1. The van der Waals surface area contributed by atoms with Crippen LogP contribution in [0.3, 0.4) is 0 Å². The van der Waals surface area contributed by atoms with E-state index in [1.807, 2.05) is 18.2 Å². The van der Waals surface area contributed by atoms with Crippen LogP contribution in [0, 0.1) is 0 Å². The Hall–Kier alpha value is -0.700. The molecule has 0 aliphatic carbocycles. The standard InChI is InChI=1S/C12H14Cl2N2/c1-2-11-8-15-3-4-16(11)12-6-9(13)5-10(14)7-12/h2,5-7,11,15H,1,3-4,8H2/t11-/m0/s1. The zero-order chi connectivity index (χ0) is 11.5. The van der Waals surface area contributed by atoms with Crippen molar-refractivity contribution >= 4 is 28.9 Å². The van der Waals surface area contributed by atoms with E-state index in [1.165, 1.54) is 0 Å². The van der Waals surface area contributed by atoms with Crippen molar-refractivity contribution in [1.29, 1.82) is 0 Å². The minimum Gasteiger partial charge on any atom is -0.362 e. The zero-order valence-electron chi connectivity index (χ0n) is 8.92. The van der Waals surface area contributed by atoms with E-state index in [2.05, 4.69) is 16.8 Å². The van der Waals surface area contributed by atoms with Crippen molar-refractivity contribution in [3.63, 3.8) is 0 Å². The van der Waals surface area contributed by atoms with Crippen molar-refractivity contribution in [1.82, 2.24) is 5.32 Å². The van der Waals surface area contributed by atoms with Gasteiger partial charge in [0.25, 0.3) is 0 Å². The van der Waals surface area contributed by atoms with Crippen molar-refractivity contribution in [2.75, 3.05) is 24.5 Å². The summed E-state index contributed by atoms with van der Waals surface area (Å²) in [4.78, 5) is 2.27. The SMILES string of the molecule is C=C[C@H]1CNCCN1c1cc(Cl)cc(Cl)c1. The zero-order valence-corrected chi connectivity index (χ0v) is 10.4. The van der Waals surface area contributed by atoms with Crippen molar-refractivity contribution in [3.05, 3.63) is 40.9 Å². The Morgan fingerprint density at radius 3 is 2.62 bits per heavy atom. The van der Waals surface area contributed by atoms with Crippen LogP contribution in [0.4, 0.5) is 5.69 Å². The van der Waals surface area contributed by atoms with Crippen LogP contribution >= 0.6 is 23.2 Å². The molecule has 1 heterocycles. The van der Waals surface area contributed by atoms with Crippen molar-refractivity contribution in [2.24, 2.45) is 0 Å². The molecule has 1 saturated heterocycles. The number of benzene rings is 1. The van der Waals surface area contributed by atoms with E-state index in [4.69, 9.17) is 23.2 Å². The van der Waals surface area contributed by atoms with E-state index in [9.17, 15) is 0 Å². The summed E-state index contributed by atoms with van der Waals surface area (Å²) in [6.45, 7) is 6.67. The first kappa shape index (κ1) is 11.8. The minimum absolute atomic E-state index is 0.295. The number of nitrogens with one attached hydrogen (secondary N) is 1. The highest BCUT2D eigenvalue weighted by atomic mass is 35.5. The third-order valence-corrected chi connectivity index (χ3v) is 3.17. The molecule has 1 fully saturated rings. The van der Waals surface area contributed by atoms with Gasteiger partial charge in [-0.05, 0) is 18.2 Å². The Kier molecular flexibility index (Phi) is 3.74. The predicted octanol–water partition coefficient (Wildman–Crippen LogP) is 2.96. The summed E-state index contributed by atoms with van der Waals surface area (Å²) < 4.78 is 0. The third-order valence-electron chi connectivity index (χ3n) is 2.73. The fourth-order valence-electron chi connectivity index (χ4n) is 1.96. The monoisotopic (exact) mass is 256 g/mol. The van der Waals surface area contributed by atoms with E-state index in [0.717, 1.165) is 25.3 Å². The Bertz CT molecular complexity index is 372. The molecule has 0 aromatic heterocycles. The van der Waals surface area contributed by atoms with Crippen LogP contribution in [0.15, 0.2) is 30.9 Å². The van der Waals surface area contributed by atoms with E-state index in [-0.39, 0.29) is 0 Å². The molecular formula is C12H14Cl2N2. The highest BCUT2D eigenvalue weighted by Gasteiger charge is 2.20. The number of halogens is 2. The quantitative estimate of drug-likeness (QED) is 0.819. The van der Waals surface area contributed by atoms with Gasteiger partial charge < -0.3 is 10.2 Å². The number of piperazine rings is 1. The van der Waals surface area contributed by atoms with Crippen LogP contribution in [0.1, 0.15) is 0 Å². The first-order chi connectivity index (χ1) is 7.70. The highest BCUT2D eigenvalue weighted by molar-refractivity contribution is 6.35. The molecule has 0 spiro atoms. The van der Waals surface area contributed by atoms with E-state index in [1.54, 1.807) is 6.07 Å². The van der Waals surface area contributed by atoms with Crippen LogP contribution in [0.5, 0.6) is 0 Å². The molecule has 1 N–H and O–H groups in total. The van der Waals surface area contributed by atoms with Gasteiger partial charge in [-0.15, -0.1) is 6.58 Å². The summed E-state index contributed by atoms with van der Waals surface area (Å²) >= 11 is 12.0. The maximum absolute atomic E-state index is 6.01. The fraction of sp³-hybridized carbons (Fsp3) is 0.333. The van der Waals surface area contributed by atoms with Crippen LogP contribution in [0.2, 0.25) is 10.0 Å². The highest BCUT2D eigenvalue weighted by Crippen LogP contribution is 2.27. The topological polar surface area (TPSA) is 15.3 Å². The summed E-state index contributed by atoms with van der Waals surface area (Å²) in [6.07, 6.45) is 1.95. The minimum atomic E-state index is 0.295. The van der Waals surface area contributed by atoms with Gasteiger partial charge >= 0.3 is 0 Å². The summed E-state index contributed by atoms with van der Waals surface area (Å²) in [5, 5.41) is 4.68. The van der Waals surface area contributed by atoms with Crippen molar-refractivity contribution in [3.8, 4) is 0 Å². The van der Waals surface area contributed by atoms with Gasteiger partial charge in [-0.25, -0.2) is 0 Å². The number of anilines is 1. The van der Waals surface area contributed by atoms with Gasteiger partial charge in [-0.2, -0.15) is 0 Å². The number of nitrogens with zero attached hydrogens (tertiary/aromatic N) is 1. The van der Waals surface area contributed by atoms with Gasteiger partial charge in [0.2, 0.25) is 0 Å². The predicted molar refractivity (Wildman–Crippen MR) is 70.7 cm³/mol. The maximum atomic E-state index is 6.01. The molecule has 4 heteroatoms. The molecule has 0 bridgehead atoms. The summed E-state index contributed by atoms with van der Waals surface area (Å²) in [7, 11) is 0. The first-order valence-electron chi connectivity index (χ1n) is 5.26. The molecule has 1 aromatic rings. The van der Waals surface area contributed by atoms with Crippen molar-refractivity contribution < 1.29 is 0 Å². The van der Waals surface area contributed by atoms with Gasteiger partial charge in [-0.3, -0.25) is 0 Å². The Balaban J connectivity index is 2.30. The Morgan fingerprint density at radius 2 is 2.00 bits per heavy atom. The van der Waals surface area contributed by atoms with E-state index in [0.29, 0.717) is 16.1 Å². The Morgan fingerprint density at radius 1 is 1.31 bits per heavy atom. The summed E-state index contributed by atoms with van der Waals surface area (Å²) in [6, 6.07) is 5.92. The van der Waals surface area contributed by atoms with Gasteiger partial charge in [0.15, 0.2) is 0 Å². The number of hydrogen-bond acceptors (Lipinski definition) is 2. The first-order valence-corrected chi connectivity index (χ1v) is 6.02. The molecular weight excluding hydrogens is 243 g/mol. The van der Waals surface area contributed by atoms with Crippen LogP contribution in [-0.4, -0.2) is 25.7 Å². The lowest BCUT2D eigenvalue weighted by Gasteiger charge is -2.36. The van der Waals surface area contributed by atoms with Crippen LogP contribution < -0.4 is 10.2 Å². The molecule has 1 aliphatic heterocycles. The lowest BCUT2D eigenvalue weighted by molar-refractivity contribution is 0.530. The lowest BCUT2D eigenvalue weighted by Crippen LogP contribution is -2.50. The molecule has 1 atom stereocenters. The van der Waals surface area contributed by atoms with E-state index < -0.39 is 0 Å². The molecule has 0 unspecified atom stereocenters. The average molecular weight is 257 g/mol. The second kappa shape index (κ2) is 5.09. The molecule has 1 aromatic carbocycles. The van der Waals surface area contributed by atoms with Gasteiger partial charge in [0.1, 0.15) is 0 Å². The van der Waals surface area contributed by atoms with Gasteiger partial charge in [0, 0.05) is 35.4 Å². The maximum Gasteiger partial charge on any atom is 0.0595 e. The van der Waals surface area contributed by atoms with Gasteiger partial charge in [-0.1, -0.05) is 29.3 Å². The van der Waals surface area contributed by atoms with Crippen molar-refractivity contribution in [2.45, 2.75) is 6.04 Å². The molecule has 0 radical (unpaired) electrons. The number of hydrogen-bond donors (Lipinski definition) is 1.